The molecular formula is C19H25F3N4O4S. The van der Waals surface area contributed by atoms with Crippen molar-refractivity contribution in [2.45, 2.75) is 38.7 Å². The van der Waals surface area contributed by atoms with Gasteiger partial charge in [0.15, 0.2) is 0 Å². The Kier molecular flexibility index (Phi) is 8.21. The first-order valence-electron chi connectivity index (χ1n) is 9.40. The van der Waals surface area contributed by atoms with Crippen molar-refractivity contribution in [1.82, 2.24) is 19.4 Å². The van der Waals surface area contributed by atoms with Gasteiger partial charge in [-0.3, -0.25) is 9.58 Å². The Balaban J connectivity index is 0.000000423. The van der Waals surface area contributed by atoms with Gasteiger partial charge in [0, 0.05) is 32.4 Å². The molecule has 0 saturated carbocycles. The summed E-state index contributed by atoms with van der Waals surface area (Å²) in [5, 5.41) is 11.5. The fourth-order valence-electron chi connectivity index (χ4n) is 3.28. The van der Waals surface area contributed by atoms with Crippen LogP contribution >= 0.6 is 0 Å². The molecule has 0 bridgehead atoms. The number of sulfonamides is 1. The van der Waals surface area contributed by atoms with Gasteiger partial charge in [-0.1, -0.05) is 29.8 Å². The molecule has 2 N–H and O–H groups in total. The topological polar surface area (TPSA) is 105 Å². The molecule has 1 atom stereocenters. The lowest BCUT2D eigenvalue weighted by atomic mass is 10.1. The molecule has 0 saturated heterocycles. The van der Waals surface area contributed by atoms with Crippen molar-refractivity contribution in [1.29, 1.82) is 0 Å². The number of rotatable bonds is 6. The molecule has 1 aromatic carbocycles. The highest BCUT2D eigenvalue weighted by molar-refractivity contribution is 7.88. The number of benzene rings is 1. The fraction of sp³-hybridized carbons (Fsp3) is 0.474. The number of aliphatic carboxylic acids is 1. The van der Waals surface area contributed by atoms with E-state index in [1.165, 1.54) is 23.1 Å². The van der Waals surface area contributed by atoms with Gasteiger partial charge in [-0.2, -0.15) is 18.3 Å². The fourth-order valence-corrected chi connectivity index (χ4v) is 3.77. The van der Waals surface area contributed by atoms with Crippen LogP contribution in [0.5, 0.6) is 0 Å². The van der Waals surface area contributed by atoms with Gasteiger partial charge in [0.05, 0.1) is 18.0 Å². The minimum absolute atomic E-state index is 0.183. The molecule has 31 heavy (non-hydrogen) atoms. The van der Waals surface area contributed by atoms with Crippen LogP contribution in [0.3, 0.4) is 0 Å². The van der Waals surface area contributed by atoms with Gasteiger partial charge >= 0.3 is 12.1 Å². The molecule has 0 aliphatic carbocycles. The number of nitrogens with one attached hydrogen (secondary N) is 1. The van der Waals surface area contributed by atoms with E-state index in [9.17, 15) is 21.6 Å². The van der Waals surface area contributed by atoms with Gasteiger partial charge in [0.1, 0.15) is 0 Å². The van der Waals surface area contributed by atoms with Crippen molar-refractivity contribution in [3.8, 4) is 0 Å². The molecule has 0 radical (unpaired) electrons. The Morgan fingerprint density at radius 1 is 1.32 bits per heavy atom. The van der Waals surface area contributed by atoms with Gasteiger partial charge in [-0.15, -0.1) is 0 Å². The number of carbonyl (C=O) groups is 1. The number of carboxylic acids is 1. The average molecular weight is 462 g/mol. The maximum atomic E-state index is 11.3. The third kappa shape index (κ3) is 8.31. The summed E-state index contributed by atoms with van der Waals surface area (Å²) in [6, 6.07) is 10.8. The summed E-state index contributed by atoms with van der Waals surface area (Å²) < 4.78 is 58.9. The highest BCUT2D eigenvalue weighted by Crippen LogP contribution is 2.24. The smallest absolute Gasteiger partial charge is 0.475 e. The number of nitrogens with zero attached hydrogens (tertiary/aromatic N) is 3. The zero-order chi connectivity index (χ0) is 23.2. The van der Waals surface area contributed by atoms with Gasteiger partial charge in [-0.25, -0.2) is 17.9 Å². The van der Waals surface area contributed by atoms with E-state index < -0.39 is 22.2 Å². The molecule has 172 valence electrons. The van der Waals surface area contributed by atoms with Crippen molar-refractivity contribution in [3.63, 3.8) is 0 Å². The molecule has 12 heteroatoms. The largest absolute Gasteiger partial charge is 0.490 e. The van der Waals surface area contributed by atoms with Crippen LogP contribution in [0.1, 0.15) is 29.3 Å². The van der Waals surface area contributed by atoms with Gasteiger partial charge in [0.2, 0.25) is 10.0 Å². The van der Waals surface area contributed by atoms with Crippen molar-refractivity contribution in [2.24, 2.45) is 0 Å². The summed E-state index contributed by atoms with van der Waals surface area (Å²) >= 11 is 0. The first-order valence-corrected chi connectivity index (χ1v) is 11.3. The quantitative estimate of drug-likeness (QED) is 0.683. The van der Waals surface area contributed by atoms with E-state index in [0.717, 1.165) is 26.1 Å². The van der Waals surface area contributed by atoms with Crippen LogP contribution in [-0.2, 0) is 27.9 Å². The van der Waals surface area contributed by atoms with Gasteiger partial charge in [0.25, 0.3) is 0 Å². The third-order valence-corrected chi connectivity index (χ3v) is 5.25. The SMILES string of the molecule is Cc1cccc(CN2Cc3ccnn3C(CCNS(C)(=O)=O)C2)c1.O=C(O)C(F)(F)F. The molecule has 0 fully saturated rings. The molecule has 2 aromatic rings. The average Bonchev–Trinajstić information content (AvgIpc) is 3.09. The second-order valence-corrected chi connectivity index (χ2v) is 9.17. The molecule has 2 heterocycles. The summed E-state index contributed by atoms with van der Waals surface area (Å²) in [6.45, 7) is 5.16. The maximum absolute atomic E-state index is 11.3. The van der Waals surface area contributed by atoms with Crippen LogP contribution in [0.2, 0.25) is 0 Å². The highest BCUT2D eigenvalue weighted by Gasteiger charge is 2.38. The second kappa shape index (κ2) is 10.2. The minimum atomic E-state index is -5.08. The van der Waals surface area contributed by atoms with Crippen molar-refractivity contribution in [2.75, 3.05) is 19.3 Å². The first kappa shape index (κ1) is 24.8. The van der Waals surface area contributed by atoms with Gasteiger partial charge in [-0.05, 0) is 25.0 Å². The van der Waals surface area contributed by atoms with Crippen molar-refractivity contribution in [3.05, 3.63) is 53.3 Å². The number of hydrogen-bond acceptors (Lipinski definition) is 5. The summed E-state index contributed by atoms with van der Waals surface area (Å²) in [7, 11) is -3.15. The molecule has 0 amide bonds. The van der Waals surface area contributed by atoms with Crippen LogP contribution < -0.4 is 4.72 Å². The van der Waals surface area contributed by atoms with Crippen molar-refractivity contribution < 1.29 is 31.5 Å². The Hall–Kier alpha value is -2.44. The number of alkyl halides is 3. The van der Waals surface area contributed by atoms with E-state index in [2.05, 4.69) is 45.9 Å². The second-order valence-electron chi connectivity index (χ2n) is 7.34. The molecule has 8 nitrogen and oxygen atoms in total. The number of hydrogen-bond donors (Lipinski definition) is 2. The number of aryl methyl sites for hydroxylation is 1. The lowest BCUT2D eigenvalue weighted by molar-refractivity contribution is -0.192. The molecular weight excluding hydrogens is 437 g/mol. The minimum Gasteiger partial charge on any atom is -0.475 e. The van der Waals surface area contributed by atoms with E-state index in [0.29, 0.717) is 6.54 Å². The Morgan fingerprint density at radius 2 is 2.00 bits per heavy atom. The number of carboxylic acid groups (broad SMARTS) is 1. The van der Waals surface area contributed by atoms with Crippen LogP contribution in [0.4, 0.5) is 13.2 Å². The van der Waals surface area contributed by atoms with E-state index >= 15 is 0 Å². The van der Waals surface area contributed by atoms with E-state index in [-0.39, 0.29) is 6.04 Å². The highest BCUT2D eigenvalue weighted by atomic mass is 32.2. The molecule has 1 aliphatic rings. The lowest BCUT2D eigenvalue weighted by Gasteiger charge is -2.34. The summed E-state index contributed by atoms with van der Waals surface area (Å²) in [6.07, 6.45) is -1.34. The lowest BCUT2D eigenvalue weighted by Crippen LogP contribution is -2.38. The Labute approximate surface area is 178 Å². The van der Waals surface area contributed by atoms with Crippen LogP contribution in [-0.4, -0.2) is 59.7 Å². The van der Waals surface area contributed by atoms with E-state index in [1.54, 1.807) is 0 Å². The normalized spacial score (nSPS) is 16.9. The predicted molar refractivity (Wildman–Crippen MR) is 108 cm³/mol. The van der Waals surface area contributed by atoms with Crippen LogP contribution in [0.15, 0.2) is 36.5 Å². The van der Waals surface area contributed by atoms with Crippen LogP contribution in [0.25, 0.3) is 0 Å². The standard InChI is InChI=1S/C17H24N4O2S.C2HF3O2/c1-14-4-3-5-15(10-14)11-20-12-16-6-8-18-21(16)17(13-20)7-9-19-24(2,22)23;3-2(4,5)1(6)7/h3-6,8,10,17,19H,7,9,11-13H2,1-2H3;(H,6,7). The number of aromatic nitrogens is 2. The molecule has 0 spiro atoms. The molecule has 3 rings (SSSR count). The van der Waals surface area contributed by atoms with Gasteiger partial charge < -0.3 is 5.11 Å². The molecule has 1 unspecified atom stereocenters. The third-order valence-electron chi connectivity index (χ3n) is 4.53. The predicted octanol–water partition coefficient (Wildman–Crippen LogP) is 2.32. The maximum Gasteiger partial charge on any atom is 0.490 e. The zero-order valence-corrected chi connectivity index (χ0v) is 17.9. The van der Waals surface area contributed by atoms with E-state index in [4.69, 9.17) is 9.90 Å². The van der Waals surface area contributed by atoms with E-state index in [1.807, 2.05) is 16.9 Å². The monoisotopic (exact) mass is 462 g/mol. The zero-order valence-electron chi connectivity index (χ0n) is 17.1. The Morgan fingerprint density at radius 3 is 2.58 bits per heavy atom. The summed E-state index contributed by atoms with van der Waals surface area (Å²) in [5.41, 5.74) is 3.75. The molecule has 1 aromatic heterocycles. The number of halogens is 3. The van der Waals surface area contributed by atoms with Crippen LogP contribution in [0, 0.1) is 6.92 Å². The summed E-state index contributed by atoms with van der Waals surface area (Å²) in [4.78, 5) is 11.3. The number of fused-ring (bicyclic) bond motifs is 1. The summed E-state index contributed by atoms with van der Waals surface area (Å²) in [5.74, 6) is -2.76. The first-order chi connectivity index (χ1) is 14.3. The molecule has 1 aliphatic heterocycles. The van der Waals surface area contributed by atoms with Crippen molar-refractivity contribution >= 4 is 16.0 Å². The Bertz CT molecular complexity index is 992.